The number of hydrogen-bond acceptors (Lipinski definition) is 5. The Kier molecular flexibility index (Phi) is 19.6. The predicted octanol–water partition coefficient (Wildman–Crippen LogP) is 11.2. The Hall–Kier alpha value is -3.08. The first-order valence-corrected chi connectivity index (χ1v) is 17.0. The average Bonchev–Trinajstić information content (AvgIpc) is 2.99. The Morgan fingerprint density at radius 1 is 0.535 bits per heavy atom. The van der Waals surface area contributed by atoms with E-state index < -0.39 is 0 Å². The van der Waals surface area contributed by atoms with Gasteiger partial charge in [0.05, 0.1) is 0 Å². The van der Waals surface area contributed by atoms with Gasteiger partial charge in [0.15, 0.2) is 0 Å². The van der Waals surface area contributed by atoms with Gasteiger partial charge in [0.1, 0.15) is 17.2 Å². The topological polar surface area (TPSA) is 72.8 Å². The third kappa shape index (κ3) is 18.2. The van der Waals surface area contributed by atoms with Crippen LogP contribution in [0.3, 0.4) is 0 Å². The van der Waals surface area contributed by atoms with Gasteiger partial charge in [0, 0.05) is 18.9 Å². The van der Waals surface area contributed by atoms with Crippen molar-refractivity contribution < 1.29 is 24.2 Å². The monoisotopic (exact) mass is 592 g/mol. The van der Waals surface area contributed by atoms with Gasteiger partial charge in [-0.15, -0.1) is 0 Å². The predicted molar refractivity (Wildman–Crippen MR) is 178 cm³/mol. The first-order valence-electron chi connectivity index (χ1n) is 17.0. The van der Waals surface area contributed by atoms with Crippen LogP contribution >= 0.6 is 0 Å². The van der Waals surface area contributed by atoms with Crippen molar-refractivity contribution in [3.8, 4) is 17.2 Å². The second kappa shape index (κ2) is 23.4. The fraction of sp³-hybridized carbons (Fsp3) is 0.579. The average molecular weight is 593 g/mol. The van der Waals surface area contributed by atoms with Gasteiger partial charge in [-0.05, 0) is 48.2 Å². The first kappa shape index (κ1) is 36.1. The SMILES string of the molecule is CCCCCCCCCCCC(=O)Oc1cc(/C=C/c2ccc(O)cc2)cc(OC(=O)CCCCCCCCCCC)c1. The van der Waals surface area contributed by atoms with Crippen LogP contribution in [0.25, 0.3) is 12.2 Å². The smallest absolute Gasteiger partial charge is 0.311 e. The molecule has 0 saturated carbocycles. The van der Waals surface area contributed by atoms with Gasteiger partial charge in [0.25, 0.3) is 0 Å². The molecule has 0 saturated heterocycles. The summed E-state index contributed by atoms with van der Waals surface area (Å²) in [5.74, 6) is 0.419. The number of esters is 2. The fourth-order valence-electron chi connectivity index (χ4n) is 5.11. The van der Waals surface area contributed by atoms with E-state index in [0.29, 0.717) is 24.3 Å². The van der Waals surface area contributed by atoms with Crippen LogP contribution in [0.15, 0.2) is 42.5 Å². The van der Waals surface area contributed by atoms with Crippen molar-refractivity contribution >= 4 is 24.1 Å². The number of aromatic hydroxyl groups is 1. The Morgan fingerprint density at radius 2 is 0.907 bits per heavy atom. The van der Waals surface area contributed by atoms with Crippen molar-refractivity contribution in [3.05, 3.63) is 53.6 Å². The maximum Gasteiger partial charge on any atom is 0.311 e. The van der Waals surface area contributed by atoms with Crippen molar-refractivity contribution in [1.82, 2.24) is 0 Å². The van der Waals surface area contributed by atoms with Gasteiger partial charge >= 0.3 is 11.9 Å². The minimum Gasteiger partial charge on any atom is -0.508 e. The number of unbranched alkanes of at least 4 members (excludes halogenated alkanes) is 16. The highest BCUT2D eigenvalue weighted by molar-refractivity contribution is 5.76. The molecular formula is C38H56O5. The summed E-state index contributed by atoms with van der Waals surface area (Å²) in [4.78, 5) is 25.2. The summed E-state index contributed by atoms with van der Waals surface area (Å²) in [6.45, 7) is 4.47. The minimum atomic E-state index is -0.269. The molecule has 238 valence electrons. The molecule has 0 unspecified atom stereocenters. The van der Waals surface area contributed by atoms with Crippen LogP contribution in [0.2, 0.25) is 0 Å². The number of phenolic OH excluding ortho intramolecular Hbond substituents is 1. The van der Waals surface area contributed by atoms with Crippen molar-refractivity contribution in [3.63, 3.8) is 0 Å². The lowest BCUT2D eigenvalue weighted by Crippen LogP contribution is -2.10. The summed E-state index contributed by atoms with van der Waals surface area (Å²) < 4.78 is 11.4. The molecule has 2 aromatic rings. The van der Waals surface area contributed by atoms with E-state index in [9.17, 15) is 14.7 Å². The summed E-state index contributed by atoms with van der Waals surface area (Å²) >= 11 is 0. The molecule has 0 fully saturated rings. The highest BCUT2D eigenvalue weighted by Gasteiger charge is 2.11. The van der Waals surface area contributed by atoms with Crippen LogP contribution in [-0.2, 0) is 9.59 Å². The molecule has 5 nitrogen and oxygen atoms in total. The lowest BCUT2D eigenvalue weighted by atomic mass is 10.1. The van der Waals surface area contributed by atoms with Gasteiger partial charge in [-0.1, -0.05) is 141 Å². The van der Waals surface area contributed by atoms with E-state index >= 15 is 0 Å². The number of ether oxygens (including phenoxy) is 2. The zero-order valence-corrected chi connectivity index (χ0v) is 26.9. The summed E-state index contributed by atoms with van der Waals surface area (Å²) in [5, 5.41) is 9.55. The van der Waals surface area contributed by atoms with Gasteiger partial charge in [-0.25, -0.2) is 0 Å². The molecule has 2 aromatic carbocycles. The third-order valence-electron chi connectivity index (χ3n) is 7.70. The molecular weight excluding hydrogens is 536 g/mol. The molecule has 0 heterocycles. The van der Waals surface area contributed by atoms with Gasteiger partial charge in [-0.2, -0.15) is 0 Å². The van der Waals surface area contributed by atoms with Crippen molar-refractivity contribution in [2.45, 2.75) is 142 Å². The van der Waals surface area contributed by atoms with E-state index in [1.54, 1.807) is 30.3 Å². The molecule has 1 N–H and O–H groups in total. The molecule has 0 aromatic heterocycles. The molecule has 0 spiro atoms. The second-order valence-corrected chi connectivity index (χ2v) is 11.8. The number of carbonyl (C=O) groups is 2. The molecule has 2 rings (SSSR count). The number of phenols is 1. The zero-order valence-electron chi connectivity index (χ0n) is 26.9. The van der Waals surface area contributed by atoms with Crippen LogP contribution in [0.4, 0.5) is 0 Å². The molecule has 5 heteroatoms. The van der Waals surface area contributed by atoms with E-state index in [1.807, 2.05) is 24.3 Å². The maximum atomic E-state index is 12.6. The molecule has 0 aliphatic carbocycles. The fourth-order valence-corrected chi connectivity index (χ4v) is 5.11. The van der Waals surface area contributed by atoms with E-state index in [1.165, 1.54) is 77.0 Å². The number of rotatable bonds is 24. The highest BCUT2D eigenvalue weighted by atomic mass is 16.5. The summed E-state index contributed by atoms with van der Waals surface area (Å²) in [7, 11) is 0. The van der Waals surface area contributed by atoms with Crippen LogP contribution < -0.4 is 9.47 Å². The first-order chi connectivity index (χ1) is 21.0. The molecule has 0 bridgehead atoms. The minimum absolute atomic E-state index is 0.208. The normalized spacial score (nSPS) is 11.2. The Balaban J connectivity index is 1.87. The molecule has 0 aliphatic heterocycles. The molecule has 0 atom stereocenters. The summed E-state index contributed by atoms with van der Waals surface area (Å²) in [5.41, 5.74) is 1.67. The van der Waals surface area contributed by atoms with Crippen LogP contribution in [0, 0.1) is 0 Å². The van der Waals surface area contributed by atoms with Crippen molar-refractivity contribution in [2.75, 3.05) is 0 Å². The van der Waals surface area contributed by atoms with Crippen molar-refractivity contribution in [2.24, 2.45) is 0 Å². The summed E-state index contributed by atoms with van der Waals surface area (Å²) in [6.07, 6.45) is 25.9. The van der Waals surface area contributed by atoms with E-state index in [0.717, 1.165) is 49.7 Å². The maximum absolute atomic E-state index is 12.6. The molecule has 0 amide bonds. The number of carbonyl (C=O) groups excluding carboxylic acids is 2. The number of hydrogen-bond donors (Lipinski definition) is 1. The van der Waals surface area contributed by atoms with Crippen molar-refractivity contribution in [1.29, 1.82) is 0 Å². The molecule has 43 heavy (non-hydrogen) atoms. The van der Waals surface area contributed by atoms with E-state index in [4.69, 9.17) is 9.47 Å². The van der Waals surface area contributed by atoms with E-state index in [2.05, 4.69) is 13.8 Å². The van der Waals surface area contributed by atoms with Crippen LogP contribution in [0.1, 0.15) is 153 Å². The van der Waals surface area contributed by atoms with E-state index in [-0.39, 0.29) is 17.7 Å². The lowest BCUT2D eigenvalue weighted by molar-refractivity contribution is -0.135. The second-order valence-electron chi connectivity index (χ2n) is 11.8. The lowest BCUT2D eigenvalue weighted by Gasteiger charge is -2.10. The Morgan fingerprint density at radius 3 is 1.33 bits per heavy atom. The molecule has 0 aliphatic rings. The Bertz CT molecular complexity index is 1000. The third-order valence-corrected chi connectivity index (χ3v) is 7.70. The zero-order chi connectivity index (χ0) is 31.0. The standard InChI is InChI=1S/C38H56O5/c1-3-5-7-9-11-13-15-17-19-21-37(40)42-35-29-33(24-23-32-25-27-34(39)28-26-32)30-36(31-35)43-38(41)22-20-18-16-14-12-10-8-6-4-2/h23-31,39H,3-22H2,1-2H3/b24-23+. The quantitative estimate of drug-likeness (QED) is 0.0568. The van der Waals surface area contributed by atoms with Crippen LogP contribution in [-0.4, -0.2) is 17.0 Å². The summed E-state index contributed by atoms with van der Waals surface area (Å²) in [6, 6.07) is 12.1. The van der Waals surface area contributed by atoms with Gasteiger partial charge in [-0.3, -0.25) is 9.59 Å². The highest BCUT2D eigenvalue weighted by Crippen LogP contribution is 2.26. The Labute approximate surface area is 261 Å². The van der Waals surface area contributed by atoms with Gasteiger partial charge in [0.2, 0.25) is 0 Å². The van der Waals surface area contributed by atoms with Gasteiger partial charge < -0.3 is 14.6 Å². The molecule has 0 radical (unpaired) electrons. The van der Waals surface area contributed by atoms with Crippen LogP contribution in [0.5, 0.6) is 17.2 Å². The largest absolute Gasteiger partial charge is 0.508 e. The number of benzene rings is 2.